The Labute approximate surface area is 159 Å². The first-order valence-corrected chi connectivity index (χ1v) is 8.66. The minimum absolute atomic E-state index is 0.153. The Hall–Kier alpha value is -3.67. The van der Waals surface area contributed by atoms with Crippen LogP contribution in [-0.2, 0) is 11.3 Å². The predicted molar refractivity (Wildman–Crippen MR) is 104 cm³/mol. The van der Waals surface area contributed by atoms with Crippen molar-refractivity contribution in [2.24, 2.45) is 0 Å². The largest absolute Gasteiger partial charge is 0.455 e. The van der Waals surface area contributed by atoms with Crippen molar-refractivity contribution in [3.05, 3.63) is 91.6 Å². The van der Waals surface area contributed by atoms with E-state index in [9.17, 15) is 14.4 Å². The summed E-state index contributed by atoms with van der Waals surface area (Å²) in [6.07, 6.45) is 0. The quantitative estimate of drug-likeness (QED) is 0.398. The molecular weight excluding hydrogens is 360 g/mol. The van der Waals surface area contributed by atoms with E-state index in [4.69, 9.17) is 13.6 Å². The van der Waals surface area contributed by atoms with Crippen LogP contribution in [0.5, 0.6) is 0 Å². The normalized spacial score (nSPS) is 11.1. The molecule has 0 fully saturated rings. The molecule has 0 aliphatic heterocycles. The number of hydrogen-bond donors (Lipinski definition) is 0. The van der Waals surface area contributed by atoms with E-state index in [1.54, 1.807) is 30.3 Å². The van der Waals surface area contributed by atoms with Gasteiger partial charge in [-0.2, -0.15) is 0 Å². The van der Waals surface area contributed by atoms with Crippen molar-refractivity contribution >= 4 is 27.9 Å². The zero-order valence-corrected chi connectivity index (χ0v) is 15.3. The van der Waals surface area contributed by atoms with Crippen molar-refractivity contribution in [1.29, 1.82) is 0 Å². The number of aryl methyl sites for hydroxylation is 2. The van der Waals surface area contributed by atoms with Crippen LogP contribution in [0, 0.1) is 13.8 Å². The van der Waals surface area contributed by atoms with Crippen molar-refractivity contribution in [3.8, 4) is 0 Å². The molecule has 4 aromatic rings. The van der Waals surface area contributed by atoms with Crippen LogP contribution in [0.1, 0.15) is 27.2 Å². The maximum Gasteiger partial charge on any atom is 0.374 e. The van der Waals surface area contributed by atoms with Crippen LogP contribution in [0.3, 0.4) is 0 Å². The standard InChI is InChI=1S/C22H16O6/c1-12-7-16-14(9-21(24)28-19(16)8-13(12)2)11-26-22(25)20-10-17(23)15-5-3-4-6-18(15)27-20/h3-10H,11H2,1-2H3. The van der Waals surface area contributed by atoms with Crippen LogP contribution in [0.25, 0.3) is 21.9 Å². The molecule has 0 saturated heterocycles. The molecule has 6 nitrogen and oxygen atoms in total. The summed E-state index contributed by atoms with van der Waals surface area (Å²) in [6.45, 7) is 3.71. The number of ether oxygens (including phenoxy) is 1. The minimum Gasteiger partial charge on any atom is -0.455 e. The van der Waals surface area contributed by atoms with Gasteiger partial charge in [0.15, 0.2) is 5.43 Å². The Kier molecular flexibility index (Phi) is 4.31. The van der Waals surface area contributed by atoms with Gasteiger partial charge in [-0.15, -0.1) is 0 Å². The average Bonchev–Trinajstić information content (AvgIpc) is 2.67. The number of fused-ring (bicyclic) bond motifs is 2. The zero-order valence-electron chi connectivity index (χ0n) is 15.3. The molecule has 0 spiro atoms. The highest BCUT2D eigenvalue weighted by molar-refractivity contribution is 5.89. The van der Waals surface area contributed by atoms with E-state index in [2.05, 4.69) is 0 Å². The summed E-state index contributed by atoms with van der Waals surface area (Å²) in [5.74, 6) is -0.976. The second kappa shape index (κ2) is 6.81. The molecule has 0 amide bonds. The predicted octanol–water partition coefficient (Wildman–Crippen LogP) is 3.87. The number of rotatable bonds is 3. The molecule has 0 bridgehead atoms. The summed E-state index contributed by atoms with van der Waals surface area (Å²) >= 11 is 0. The van der Waals surface area contributed by atoms with Gasteiger partial charge in [-0.1, -0.05) is 12.1 Å². The van der Waals surface area contributed by atoms with E-state index in [0.29, 0.717) is 27.5 Å². The second-order valence-electron chi connectivity index (χ2n) is 6.57. The number of carbonyl (C=O) groups excluding carboxylic acids is 1. The summed E-state index contributed by atoms with van der Waals surface area (Å²) in [4.78, 5) is 36.4. The first kappa shape index (κ1) is 17.7. The molecule has 0 atom stereocenters. The summed E-state index contributed by atoms with van der Waals surface area (Å²) < 4.78 is 16.0. The maximum absolute atomic E-state index is 12.4. The van der Waals surface area contributed by atoms with Crippen LogP contribution in [-0.4, -0.2) is 5.97 Å². The topological polar surface area (TPSA) is 86.7 Å². The Bertz CT molecular complexity index is 1340. The molecule has 6 heteroatoms. The fourth-order valence-electron chi connectivity index (χ4n) is 3.02. The lowest BCUT2D eigenvalue weighted by atomic mass is 10.0. The van der Waals surface area contributed by atoms with E-state index in [1.165, 1.54) is 6.07 Å². The molecule has 0 radical (unpaired) electrons. The second-order valence-corrected chi connectivity index (χ2v) is 6.57. The zero-order chi connectivity index (χ0) is 19.8. The fraction of sp³-hybridized carbons (Fsp3) is 0.136. The molecule has 2 aromatic heterocycles. The number of para-hydroxylation sites is 1. The highest BCUT2D eigenvalue weighted by Gasteiger charge is 2.15. The lowest BCUT2D eigenvalue weighted by Gasteiger charge is -2.09. The molecule has 0 saturated carbocycles. The molecule has 2 aromatic carbocycles. The third kappa shape index (κ3) is 3.20. The van der Waals surface area contributed by atoms with Crippen molar-refractivity contribution in [2.75, 3.05) is 0 Å². The van der Waals surface area contributed by atoms with Gasteiger partial charge >= 0.3 is 11.6 Å². The number of benzene rings is 2. The van der Waals surface area contributed by atoms with Crippen LogP contribution in [0.4, 0.5) is 0 Å². The van der Waals surface area contributed by atoms with Crippen molar-refractivity contribution in [1.82, 2.24) is 0 Å². The van der Waals surface area contributed by atoms with Gasteiger partial charge in [0.25, 0.3) is 0 Å². The summed E-state index contributed by atoms with van der Waals surface area (Å²) in [5.41, 5.74) is 2.41. The van der Waals surface area contributed by atoms with E-state index in [0.717, 1.165) is 17.2 Å². The molecule has 140 valence electrons. The Morgan fingerprint density at radius 2 is 1.64 bits per heavy atom. The highest BCUT2D eigenvalue weighted by atomic mass is 16.5. The van der Waals surface area contributed by atoms with E-state index < -0.39 is 11.6 Å². The summed E-state index contributed by atoms with van der Waals surface area (Å²) in [6, 6.07) is 12.7. The highest BCUT2D eigenvalue weighted by Crippen LogP contribution is 2.22. The monoisotopic (exact) mass is 376 g/mol. The van der Waals surface area contributed by atoms with Gasteiger partial charge in [0.05, 0.1) is 5.39 Å². The molecule has 4 rings (SSSR count). The number of esters is 1. The van der Waals surface area contributed by atoms with Crippen molar-refractivity contribution in [3.63, 3.8) is 0 Å². The first-order valence-electron chi connectivity index (χ1n) is 8.66. The molecule has 0 aliphatic carbocycles. The Morgan fingerprint density at radius 1 is 0.893 bits per heavy atom. The van der Waals surface area contributed by atoms with Gasteiger partial charge in [-0.05, 0) is 49.2 Å². The van der Waals surface area contributed by atoms with E-state index in [-0.39, 0.29) is 17.8 Å². The van der Waals surface area contributed by atoms with Crippen LogP contribution >= 0.6 is 0 Å². The third-order valence-electron chi connectivity index (χ3n) is 4.64. The van der Waals surface area contributed by atoms with Gasteiger partial charge < -0.3 is 13.6 Å². The first-order chi connectivity index (χ1) is 13.4. The van der Waals surface area contributed by atoms with Crippen LogP contribution in [0.2, 0.25) is 0 Å². The lowest BCUT2D eigenvalue weighted by Crippen LogP contribution is -2.11. The number of hydrogen-bond acceptors (Lipinski definition) is 6. The van der Waals surface area contributed by atoms with Crippen LogP contribution in [0.15, 0.2) is 67.0 Å². The lowest BCUT2D eigenvalue weighted by molar-refractivity contribution is 0.0438. The molecule has 2 heterocycles. The summed E-state index contributed by atoms with van der Waals surface area (Å²) in [7, 11) is 0. The molecule has 0 aliphatic rings. The van der Waals surface area contributed by atoms with Gasteiger partial charge in [0, 0.05) is 23.1 Å². The van der Waals surface area contributed by atoms with E-state index in [1.807, 2.05) is 19.9 Å². The molecule has 0 N–H and O–H groups in total. The Balaban J connectivity index is 1.66. The van der Waals surface area contributed by atoms with Gasteiger partial charge in [0.2, 0.25) is 5.76 Å². The number of carbonyl (C=O) groups is 1. The van der Waals surface area contributed by atoms with E-state index >= 15 is 0 Å². The Morgan fingerprint density at radius 3 is 2.46 bits per heavy atom. The van der Waals surface area contributed by atoms with Crippen molar-refractivity contribution < 1.29 is 18.4 Å². The summed E-state index contributed by atoms with van der Waals surface area (Å²) in [5, 5.41) is 1.08. The molecule has 28 heavy (non-hydrogen) atoms. The van der Waals surface area contributed by atoms with Gasteiger partial charge in [-0.3, -0.25) is 4.79 Å². The maximum atomic E-state index is 12.4. The average molecular weight is 376 g/mol. The minimum atomic E-state index is -0.784. The fourth-order valence-corrected chi connectivity index (χ4v) is 3.02. The van der Waals surface area contributed by atoms with Crippen molar-refractivity contribution in [2.45, 2.75) is 20.5 Å². The van der Waals surface area contributed by atoms with Crippen LogP contribution < -0.4 is 11.1 Å². The van der Waals surface area contributed by atoms with Gasteiger partial charge in [0.1, 0.15) is 17.8 Å². The van der Waals surface area contributed by atoms with Gasteiger partial charge in [-0.25, -0.2) is 9.59 Å². The SMILES string of the molecule is Cc1cc2oc(=O)cc(COC(=O)c3cc(=O)c4ccccc4o3)c2cc1C. The molecular formula is C22H16O6. The molecule has 0 unspecified atom stereocenters. The smallest absolute Gasteiger partial charge is 0.374 e. The third-order valence-corrected chi connectivity index (χ3v) is 4.64.